The number of carbonyl (C=O) groups excluding carboxylic acids is 1. The van der Waals surface area contributed by atoms with Crippen LogP contribution < -0.4 is 5.32 Å². The Labute approximate surface area is 125 Å². The maximum Gasteiger partial charge on any atom is 0.259 e. The molecular formula is C14H8Cl2N2O2. The molecule has 100 valence electrons. The first-order valence-electron chi connectivity index (χ1n) is 5.51. The molecule has 2 aromatic rings. The summed E-state index contributed by atoms with van der Waals surface area (Å²) in [5, 5.41) is 21.5. The summed E-state index contributed by atoms with van der Waals surface area (Å²) in [7, 11) is 0. The summed E-state index contributed by atoms with van der Waals surface area (Å²) < 4.78 is 0. The van der Waals surface area contributed by atoms with Crippen LogP contribution in [-0.4, -0.2) is 11.0 Å². The van der Waals surface area contributed by atoms with E-state index in [1.165, 1.54) is 36.4 Å². The molecule has 20 heavy (non-hydrogen) atoms. The number of carbonyl (C=O) groups is 1. The predicted molar refractivity (Wildman–Crippen MR) is 77.2 cm³/mol. The zero-order valence-electron chi connectivity index (χ0n) is 10.0. The molecule has 0 aliphatic carbocycles. The zero-order valence-corrected chi connectivity index (χ0v) is 11.5. The van der Waals surface area contributed by atoms with Crippen LogP contribution in [0.15, 0.2) is 36.4 Å². The molecule has 0 unspecified atom stereocenters. The second kappa shape index (κ2) is 5.83. The molecule has 0 heterocycles. The molecule has 1 amide bonds. The second-order valence-corrected chi connectivity index (χ2v) is 4.77. The van der Waals surface area contributed by atoms with Crippen molar-refractivity contribution >= 4 is 34.8 Å². The first-order chi connectivity index (χ1) is 9.51. The Kier molecular flexibility index (Phi) is 4.14. The maximum absolute atomic E-state index is 12.0. The molecule has 0 saturated carbocycles. The molecule has 0 aliphatic heterocycles. The van der Waals surface area contributed by atoms with Gasteiger partial charge in [-0.2, -0.15) is 5.26 Å². The van der Waals surface area contributed by atoms with Crippen molar-refractivity contribution in [3.8, 4) is 11.8 Å². The van der Waals surface area contributed by atoms with Gasteiger partial charge in [0.2, 0.25) is 0 Å². The predicted octanol–water partition coefficient (Wildman–Crippen LogP) is 3.82. The Morgan fingerprint density at radius 3 is 2.55 bits per heavy atom. The number of anilines is 1. The Morgan fingerprint density at radius 1 is 1.20 bits per heavy atom. The summed E-state index contributed by atoms with van der Waals surface area (Å²) in [6.45, 7) is 0. The number of phenolic OH excluding ortho intramolecular Hbond substituents is 1. The van der Waals surface area contributed by atoms with Gasteiger partial charge in [-0.25, -0.2) is 0 Å². The lowest BCUT2D eigenvalue weighted by atomic mass is 10.1. The first kappa shape index (κ1) is 14.2. The summed E-state index contributed by atoms with van der Waals surface area (Å²) in [4.78, 5) is 12.0. The number of halogens is 2. The van der Waals surface area contributed by atoms with Crippen molar-refractivity contribution in [3.63, 3.8) is 0 Å². The highest BCUT2D eigenvalue weighted by Gasteiger charge is 2.13. The minimum atomic E-state index is -0.522. The molecule has 0 radical (unpaired) electrons. The lowest BCUT2D eigenvalue weighted by molar-refractivity contribution is 0.102. The van der Waals surface area contributed by atoms with Gasteiger partial charge in [0.1, 0.15) is 5.75 Å². The standard InChI is InChI=1S/C14H8Cl2N2O2/c15-9-2-3-10(13(19)6-9)14(20)18-12-4-1-8(7-17)5-11(12)16/h1-6,19H,(H,18,20). The summed E-state index contributed by atoms with van der Waals surface area (Å²) >= 11 is 11.7. The number of hydrogen-bond donors (Lipinski definition) is 2. The van der Waals surface area contributed by atoms with E-state index < -0.39 is 5.91 Å². The number of aromatic hydroxyl groups is 1. The van der Waals surface area contributed by atoms with Gasteiger partial charge in [-0.3, -0.25) is 4.79 Å². The highest BCUT2D eigenvalue weighted by atomic mass is 35.5. The van der Waals surface area contributed by atoms with E-state index >= 15 is 0 Å². The third-order valence-corrected chi connectivity index (χ3v) is 3.10. The van der Waals surface area contributed by atoms with Gasteiger partial charge in [-0.05, 0) is 36.4 Å². The van der Waals surface area contributed by atoms with Crippen molar-refractivity contribution in [2.24, 2.45) is 0 Å². The third kappa shape index (κ3) is 3.02. The normalized spacial score (nSPS) is 9.85. The molecule has 0 bridgehead atoms. The average molecular weight is 307 g/mol. The van der Waals surface area contributed by atoms with E-state index in [-0.39, 0.29) is 16.3 Å². The van der Waals surface area contributed by atoms with E-state index in [0.717, 1.165) is 0 Å². The van der Waals surface area contributed by atoms with Crippen LogP contribution in [0, 0.1) is 11.3 Å². The van der Waals surface area contributed by atoms with Crippen molar-refractivity contribution in [1.29, 1.82) is 5.26 Å². The monoisotopic (exact) mass is 306 g/mol. The second-order valence-electron chi connectivity index (χ2n) is 3.92. The molecular weight excluding hydrogens is 299 g/mol. The number of benzene rings is 2. The Morgan fingerprint density at radius 2 is 1.95 bits per heavy atom. The van der Waals surface area contributed by atoms with Crippen LogP contribution in [0.1, 0.15) is 15.9 Å². The van der Waals surface area contributed by atoms with E-state index in [4.69, 9.17) is 28.5 Å². The topological polar surface area (TPSA) is 73.1 Å². The quantitative estimate of drug-likeness (QED) is 0.885. The SMILES string of the molecule is N#Cc1ccc(NC(=O)c2ccc(Cl)cc2O)c(Cl)c1. The number of nitrogens with zero attached hydrogens (tertiary/aromatic N) is 1. The van der Waals surface area contributed by atoms with Crippen LogP contribution in [0.25, 0.3) is 0 Å². The van der Waals surface area contributed by atoms with E-state index in [1.807, 2.05) is 6.07 Å². The van der Waals surface area contributed by atoms with Crippen LogP contribution in [0.2, 0.25) is 10.0 Å². The fourth-order valence-corrected chi connectivity index (χ4v) is 1.97. The van der Waals surface area contributed by atoms with Crippen molar-refractivity contribution in [1.82, 2.24) is 0 Å². The minimum absolute atomic E-state index is 0.0785. The number of hydrogen-bond acceptors (Lipinski definition) is 3. The van der Waals surface area contributed by atoms with Gasteiger partial charge in [-0.1, -0.05) is 23.2 Å². The molecule has 6 heteroatoms. The van der Waals surface area contributed by atoms with Crippen LogP contribution in [0.3, 0.4) is 0 Å². The maximum atomic E-state index is 12.0. The zero-order chi connectivity index (χ0) is 14.7. The molecule has 0 saturated heterocycles. The van der Waals surface area contributed by atoms with Crippen LogP contribution in [-0.2, 0) is 0 Å². The summed E-state index contributed by atoms with van der Waals surface area (Å²) in [6, 6.07) is 10.6. The van der Waals surface area contributed by atoms with Gasteiger partial charge < -0.3 is 10.4 Å². The number of nitriles is 1. The van der Waals surface area contributed by atoms with E-state index in [0.29, 0.717) is 16.3 Å². The number of amides is 1. The van der Waals surface area contributed by atoms with Crippen molar-refractivity contribution in [2.45, 2.75) is 0 Å². The lowest BCUT2D eigenvalue weighted by Gasteiger charge is -2.08. The molecule has 4 nitrogen and oxygen atoms in total. The Hall–Kier alpha value is -2.22. The highest BCUT2D eigenvalue weighted by Crippen LogP contribution is 2.26. The van der Waals surface area contributed by atoms with Crippen molar-refractivity contribution in [2.75, 3.05) is 5.32 Å². The lowest BCUT2D eigenvalue weighted by Crippen LogP contribution is -2.12. The van der Waals surface area contributed by atoms with Gasteiger partial charge in [0.05, 0.1) is 27.9 Å². The van der Waals surface area contributed by atoms with Crippen molar-refractivity contribution in [3.05, 3.63) is 57.6 Å². The van der Waals surface area contributed by atoms with Crippen molar-refractivity contribution < 1.29 is 9.90 Å². The average Bonchev–Trinajstić information content (AvgIpc) is 2.40. The summed E-state index contributed by atoms with van der Waals surface area (Å²) in [5.74, 6) is -0.745. The fourth-order valence-electron chi connectivity index (χ4n) is 1.57. The molecule has 2 N–H and O–H groups in total. The van der Waals surface area contributed by atoms with Gasteiger partial charge in [0.15, 0.2) is 0 Å². The molecule has 2 aromatic carbocycles. The molecule has 0 aliphatic rings. The van der Waals surface area contributed by atoms with E-state index in [1.54, 1.807) is 0 Å². The van der Waals surface area contributed by atoms with Crippen LogP contribution >= 0.6 is 23.2 Å². The Bertz CT molecular complexity index is 724. The van der Waals surface area contributed by atoms with Gasteiger partial charge in [0.25, 0.3) is 5.91 Å². The molecule has 0 fully saturated rings. The van der Waals surface area contributed by atoms with Gasteiger partial charge in [0, 0.05) is 5.02 Å². The molecule has 0 aromatic heterocycles. The number of phenols is 1. The highest BCUT2D eigenvalue weighted by molar-refractivity contribution is 6.34. The molecule has 2 rings (SSSR count). The smallest absolute Gasteiger partial charge is 0.259 e. The minimum Gasteiger partial charge on any atom is -0.507 e. The van der Waals surface area contributed by atoms with E-state index in [2.05, 4.69) is 5.32 Å². The van der Waals surface area contributed by atoms with Gasteiger partial charge in [-0.15, -0.1) is 0 Å². The number of rotatable bonds is 2. The largest absolute Gasteiger partial charge is 0.507 e. The number of nitrogens with one attached hydrogen (secondary N) is 1. The van der Waals surface area contributed by atoms with Gasteiger partial charge >= 0.3 is 0 Å². The molecule has 0 atom stereocenters. The van der Waals surface area contributed by atoms with E-state index in [9.17, 15) is 9.90 Å². The third-order valence-electron chi connectivity index (χ3n) is 2.55. The summed E-state index contributed by atoms with van der Waals surface area (Å²) in [6.07, 6.45) is 0. The Balaban J connectivity index is 2.26. The first-order valence-corrected chi connectivity index (χ1v) is 6.26. The summed E-state index contributed by atoms with van der Waals surface area (Å²) in [5.41, 5.74) is 0.821. The van der Waals surface area contributed by atoms with Crippen LogP contribution in [0.5, 0.6) is 5.75 Å². The molecule has 0 spiro atoms. The van der Waals surface area contributed by atoms with Crippen LogP contribution in [0.4, 0.5) is 5.69 Å². The fraction of sp³-hybridized carbons (Fsp3) is 0.